The fourth-order valence-electron chi connectivity index (χ4n) is 3.38. The van der Waals surface area contributed by atoms with Gasteiger partial charge >= 0.3 is 0 Å². The Kier molecular flexibility index (Phi) is 5.68. The quantitative estimate of drug-likeness (QED) is 0.870. The van der Waals surface area contributed by atoms with Crippen LogP contribution in [-0.2, 0) is 11.3 Å². The number of hydrogen-bond donors (Lipinski definition) is 2. The molecule has 0 aromatic heterocycles. The first-order chi connectivity index (χ1) is 12.5. The van der Waals surface area contributed by atoms with E-state index < -0.39 is 5.91 Å². The molecule has 26 heavy (non-hydrogen) atoms. The van der Waals surface area contributed by atoms with Gasteiger partial charge in [0.05, 0.1) is 0 Å². The number of hydrogen-bond acceptors (Lipinski definition) is 3. The first-order valence-corrected chi connectivity index (χ1v) is 9.00. The van der Waals surface area contributed by atoms with Gasteiger partial charge in [-0.3, -0.25) is 14.5 Å². The molecule has 1 aliphatic rings. The van der Waals surface area contributed by atoms with E-state index in [2.05, 4.69) is 41.4 Å². The molecular formula is C21H25N3O2. The molecule has 1 saturated heterocycles. The molecule has 0 bridgehead atoms. The molecule has 0 atom stereocenters. The van der Waals surface area contributed by atoms with Crippen molar-refractivity contribution in [3.05, 3.63) is 65.2 Å². The van der Waals surface area contributed by atoms with Crippen molar-refractivity contribution in [3.8, 4) is 0 Å². The smallest absolute Gasteiger partial charge is 0.248 e. The number of carbonyl (C=O) groups is 2. The number of primary amides is 1. The first kappa shape index (κ1) is 18.1. The van der Waals surface area contributed by atoms with Gasteiger partial charge in [-0.15, -0.1) is 0 Å². The van der Waals surface area contributed by atoms with Crippen LogP contribution in [0.5, 0.6) is 0 Å². The maximum absolute atomic E-state index is 12.5. The molecule has 0 saturated carbocycles. The lowest BCUT2D eigenvalue weighted by atomic mass is 9.95. The van der Waals surface area contributed by atoms with Crippen LogP contribution in [0.4, 0.5) is 5.69 Å². The fourth-order valence-corrected chi connectivity index (χ4v) is 3.38. The zero-order chi connectivity index (χ0) is 18.5. The Labute approximate surface area is 154 Å². The third-order valence-electron chi connectivity index (χ3n) is 5.03. The minimum absolute atomic E-state index is 0.000328. The third kappa shape index (κ3) is 4.49. The van der Waals surface area contributed by atoms with E-state index in [0.717, 1.165) is 32.5 Å². The third-order valence-corrected chi connectivity index (χ3v) is 5.03. The number of nitrogens with zero attached hydrogens (tertiary/aromatic N) is 1. The number of carbonyl (C=O) groups excluding carboxylic acids is 2. The predicted octanol–water partition coefficient (Wildman–Crippen LogP) is 2.94. The van der Waals surface area contributed by atoms with Gasteiger partial charge in [0.2, 0.25) is 11.8 Å². The maximum atomic E-state index is 12.5. The van der Waals surface area contributed by atoms with Gasteiger partial charge in [0.1, 0.15) is 0 Å². The fraction of sp³-hybridized carbons (Fsp3) is 0.333. The van der Waals surface area contributed by atoms with Crippen LogP contribution in [0.3, 0.4) is 0 Å². The summed E-state index contributed by atoms with van der Waals surface area (Å²) in [7, 11) is 0. The van der Waals surface area contributed by atoms with Crippen LogP contribution in [0.1, 0.15) is 34.3 Å². The largest absolute Gasteiger partial charge is 0.366 e. The summed E-state index contributed by atoms with van der Waals surface area (Å²) >= 11 is 0. The molecule has 0 spiro atoms. The van der Waals surface area contributed by atoms with Gasteiger partial charge in [-0.05, 0) is 62.2 Å². The molecule has 0 aliphatic carbocycles. The highest BCUT2D eigenvalue weighted by Gasteiger charge is 2.25. The number of piperidine rings is 1. The summed E-state index contributed by atoms with van der Waals surface area (Å²) in [4.78, 5) is 26.2. The van der Waals surface area contributed by atoms with Crippen LogP contribution in [-0.4, -0.2) is 29.8 Å². The lowest BCUT2D eigenvalue weighted by Crippen LogP contribution is -2.37. The number of amides is 2. The van der Waals surface area contributed by atoms with Crippen molar-refractivity contribution in [2.75, 3.05) is 18.4 Å². The highest BCUT2D eigenvalue weighted by molar-refractivity contribution is 5.96. The number of anilines is 1. The van der Waals surface area contributed by atoms with E-state index in [-0.39, 0.29) is 11.8 Å². The molecule has 136 valence electrons. The summed E-state index contributed by atoms with van der Waals surface area (Å²) in [5, 5.41) is 2.92. The van der Waals surface area contributed by atoms with Crippen molar-refractivity contribution in [1.82, 2.24) is 4.90 Å². The molecule has 0 radical (unpaired) electrons. The van der Waals surface area contributed by atoms with Crippen molar-refractivity contribution in [2.45, 2.75) is 26.3 Å². The SMILES string of the molecule is Cc1ccccc1CN1CCC(C(=O)Nc2cccc(C(N)=O)c2)CC1. The van der Waals surface area contributed by atoms with E-state index in [4.69, 9.17) is 5.73 Å². The molecular weight excluding hydrogens is 326 g/mol. The Morgan fingerprint density at radius 3 is 2.54 bits per heavy atom. The molecule has 1 fully saturated rings. The predicted molar refractivity (Wildman–Crippen MR) is 103 cm³/mol. The van der Waals surface area contributed by atoms with E-state index in [1.807, 2.05) is 0 Å². The number of rotatable bonds is 5. The van der Waals surface area contributed by atoms with Crippen LogP contribution in [0, 0.1) is 12.8 Å². The monoisotopic (exact) mass is 351 g/mol. The molecule has 1 aliphatic heterocycles. The minimum atomic E-state index is -0.495. The lowest BCUT2D eigenvalue weighted by molar-refractivity contribution is -0.121. The number of aryl methyl sites for hydroxylation is 1. The number of nitrogens with two attached hydrogens (primary N) is 1. The van der Waals surface area contributed by atoms with Gasteiger partial charge < -0.3 is 11.1 Å². The highest BCUT2D eigenvalue weighted by Crippen LogP contribution is 2.22. The summed E-state index contributed by atoms with van der Waals surface area (Å²) in [6, 6.07) is 15.2. The van der Waals surface area contributed by atoms with Gasteiger partial charge in [-0.2, -0.15) is 0 Å². The van der Waals surface area contributed by atoms with E-state index in [1.54, 1.807) is 24.3 Å². The first-order valence-electron chi connectivity index (χ1n) is 9.00. The summed E-state index contributed by atoms with van der Waals surface area (Å²) < 4.78 is 0. The Bertz CT molecular complexity index is 795. The Hall–Kier alpha value is -2.66. The Morgan fingerprint density at radius 1 is 1.12 bits per heavy atom. The van der Waals surface area contributed by atoms with Crippen molar-refractivity contribution >= 4 is 17.5 Å². The van der Waals surface area contributed by atoms with E-state index >= 15 is 0 Å². The summed E-state index contributed by atoms with van der Waals surface area (Å²) in [6.07, 6.45) is 1.68. The van der Waals surface area contributed by atoms with Crippen LogP contribution >= 0.6 is 0 Å². The van der Waals surface area contributed by atoms with Crippen LogP contribution in [0.15, 0.2) is 48.5 Å². The molecule has 5 heteroatoms. The standard InChI is InChI=1S/C21H25N3O2/c1-15-5-2-3-6-18(15)14-24-11-9-16(10-12-24)21(26)23-19-8-4-7-17(13-19)20(22)25/h2-8,13,16H,9-12,14H2,1H3,(H2,22,25)(H,23,26). The summed E-state index contributed by atoms with van der Waals surface area (Å²) in [6.45, 7) is 4.89. The van der Waals surface area contributed by atoms with Crippen molar-refractivity contribution < 1.29 is 9.59 Å². The normalized spacial score (nSPS) is 15.6. The maximum Gasteiger partial charge on any atom is 0.248 e. The Morgan fingerprint density at radius 2 is 1.85 bits per heavy atom. The topological polar surface area (TPSA) is 75.4 Å². The van der Waals surface area contributed by atoms with Crippen LogP contribution < -0.4 is 11.1 Å². The molecule has 3 rings (SSSR count). The minimum Gasteiger partial charge on any atom is -0.366 e. The van der Waals surface area contributed by atoms with Gasteiger partial charge in [0, 0.05) is 23.7 Å². The van der Waals surface area contributed by atoms with Gasteiger partial charge in [-0.25, -0.2) is 0 Å². The van der Waals surface area contributed by atoms with Crippen molar-refractivity contribution in [2.24, 2.45) is 11.7 Å². The molecule has 3 N–H and O–H groups in total. The average Bonchev–Trinajstić information content (AvgIpc) is 2.64. The van der Waals surface area contributed by atoms with Gasteiger partial charge in [-0.1, -0.05) is 30.3 Å². The van der Waals surface area contributed by atoms with Crippen LogP contribution in [0.25, 0.3) is 0 Å². The number of nitrogens with one attached hydrogen (secondary N) is 1. The molecule has 5 nitrogen and oxygen atoms in total. The molecule has 2 amide bonds. The summed E-state index contributed by atoms with van der Waals surface area (Å²) in [5.41, 5.74) is 8.96. The average molecular weight is 351 g/mol. The van der Waals surface area contributed by atoms with Crippen molar-refractivity contribution in [3.63, 3.8) is 0 Å². The summed E-state index contributed by atoms with van der Waals surface area (Å²) in [5.74, 6) is -0.479. The number of benzene rings is 2. The zero-order valence-electron chi connectivity index (χ0n) is 15.1. The highest BCUT2D eigenvalue weighted by atomic mass is 16.2. The van der Waals surface area contributed by atoms with E-state index in [0.29, 0.717) is 11.3 Å². The second-order valence-corrected chi connectivity index (χ2v) is 6.91. The van der Waals surface area contributed by atoms with E-state index in [9.17, 15) is 9.59 Å². The molecule has 2 aromatic rings. The van der Waals surface area contributed by atoms with Crippen molar-refractivity contribution in [1.29, 1.82) is 0 Å². The lowest BCUT2D eigenvalue weighted by Gasteiger charge is -2.31. The van der Waals surface area contributed by atoms with Crippen LogP contribution in [0.2, 0.25) is 0 Å². The molecule has 2 aromatic carbocycles. The molecule has 1 heterocycles. The molecule has 0 unspecified atom stereocenters. The van der Waals surface area contributed by atoms with Gasteiger partial charge in [0.15, 0.2) is 0 Å². The van der Waals surface area contributed by atoms with E-state index in [1.165, 1.54) is 11.1 Å². The number of likely N-dealkylation sites (tertiary alicyclic amines) is 1. The second-order valence-electron chi connectivity index (χ2n) is 6.91. The second kappa shape index (κ2) is 8.15. The van der Waals surface area contributed by atoms with Gasteiger partial charge in [0.25, 0.3) is 0 Å². The Balaban J connectivity index is 1.53. The zero-order valence-corrected chi connectivity index (χ0v) is 15.1.